The summed E-state index contributed by atoms with van der Waals surface area (Å²) in [5.74, 6) is 1.64. The van der Waals surface area contributed by atoms with Crippen LogP contribution in [0.4, 0.5) is 0 Å². The molecule has 5 heteroatoms. The van der Waals surface area contributed by atoms with Crippen LogP contribution in [0, 0.1) is 17.8 Å². The van der Waals surface area contributed by atoms with Crippen LogP contribution >= 0.6 is 15.9 Å². The summed E-state index contributed by atoms with van der Waals surface area (Å²) in [6.07, 6.45) is 3.79. The van der Waals surface area contributed by atoms with E-state index in [0.29, 0.717) is 23.4 Å². The summed E-state index contributed by atoms with van der Waals surface area (Å²) >= 11 is 3.41. The first-order valence-electron chi connectivity index (χ1n) is 6.87. The normalized spacial score (nSPS) is 39.3. The zero-order chi connectivity index (χ0) is 13.3. The van der Waals surface area contributed by atoms with Gasteiger partial charge >= 0.3 is 0 Å². The Balaban J connectivity index is 1.67. The number of carbonyl (C=O) groups excluding carboxylic acids is 1. The highest BCUT2D eigenvalue weighted by molar-refractivity contribution is 9.10. The van der Waals surface area contributed by atoms with Gasteiger partial charge in [-0.05, 0) is 52.6 Å². The lowest BCUT2D eigenvalue weighted by Gasteiger charge is -2.28. The number of carbonyl (C=O) groups is 1. The van der Waals surface area contributed by atoms with Crippen LogP contribution in [0.1, 0.15) is 23.3 Å². The van der Waals surface area contributed by atoms with Gasteiger partial charge in [-0.1, -0.05) is 0 Å². The summed E-state index contributed by atoms with van der Waals surface area (Å²) in [5, 5.41) is 10.3. The van der Waals surface area contributed by atoms with E-state index in [0.717, 1.165) is 23.9 Å². The minimum Gasteiger partial charge on any atom is -0.391 e. The van der Waals surface area contributed by atoms with Crippen LogP contribution in [-0.2, 0) is 7.05 Å². The summed E-state index contributed by atoms with van der Waals surface area (Å²) in [7, 11) is 1.89. The van der Waals surface area contributed by atoms with E-state index in [-0.39, 0.29) is 18.1 Å². The quantitative estimate of drug-likeness (QED) is 0.853. The molecule has 1 aromatic heterocycles. The molecule has 0 spiro atoms. The molecule has 1 N–H and O–H groups in total. The van der Waals surface area contributed by atoms with E-state index in [1.165, 1.54) is 0 Å². The third-order valence-electron chi connectivity index (χ3n) is 5.30. The van der Waals surface area contributed by atoms with Crippen LogP contribution in [0.25, 0.3) is 0 Å². The number of aliphatic hydroxyl groups excluding tert-OH is 1. The number of aromatic nitrogens is 1. The SMILES string of the molecule is Cn1cc(Br)cc1C(=O)N1CC2CC3CC2C1C3O. The largest absolute Gasteiger partial charge is 0.391 e. The number of nitrogens with zero attached hydrogens (tertiary/aromatic N) is 2. The van der Waals surface area contributed by atoms with Crippen molar-refractivity contribution in [2.24, 2.45) is 24.8 Å². The molecule has 2 aliphatic carbocycles. The molecular weight excluding hydrogens is 308 g/mol. The summed E-state index contributed by atoms with van der Waals surface area (Å²) in [4.78, 5) is 14.6. The van der Waals surface area contributed by atoms with Gasteiger partial charge in [0.05, 0.1) is 12.1 Å². The zero-order valence-corrected chi connectivity index (χ0v) is 12.4. The molecule has 2 saturated carbocycles. The Morgan fingerprint density at radius 2 is 2.21 bits per heavy atom. The first-order valence-corrected chi connectivity index (χ1v) is 7.66. The Bertz CT molecular complexity index is 554. The summed E-state index contributed by atoms with van der Waals surface area (Å²) in [6.45, 7) is 0.824. The molecule has 3 aliphatic rings. The number of likely N-dealkylation sites (tertiary alicyclic amines) is 1. The van der Waals surface area contributed by atoms with Gasteiger partial charge in [-0.15, -0.1) is 0 Å². The molecule has 2 bridgehead atoms. The van der Waals surface area contributed by atoms with E-state index in [9.17, 15) is 9.90 Å². The first kappa shape index (κ1) is 12.0. The lowest BCUT2D eigenvalue weighted by atomic mass is 9.88. The third kappa shape index (κ3) is 1.51. The third-order valence-corrected chi connectivity index (χ3v) is 5.73. The molecule has 102 valence electrons. The predicted molar refractivity (Wildman–Crippen MR) is 73.6 cm³/mol. The lowest BCUT2D eigenvalue weighted by Crippen LogP contribution is -2.44. The number of hydrogen-bond acceptors (Lipinski definition) is 2. The van der Waals surface area contributed by atoms with Gasteiger partial charge in [0.2, 0.25) is 0 Å². The van der Waals surface area contributed by atoms with Gasteiger partial charge in [-0.3, -0.25) is 4.79 Å². The van der Waals surface area contributed by atoms with Crippen LogP contribution in [0.2, 0.25) is 0 Å². The molecule has 0 radical (unpaired) electrons. The van der Waals surface area contributed by atoms with E-state index < -0.39 is 0 Å². The molecule has 1 aromatic rings. The highest BCUT2D eigenvalue weighted by Gasteiger charge is 2.60. The fourth-order valence-electron chi connectivity index (χ4n) is 4.53. The number of fused-ring (bicyclic) bond motifs is 1. The average molecular weight is 325 g/mol. The van der Waals surface area contributed by atoms with Gasteiger partial charge < -0.3 is 14.6 Å². The second-order valence-corrected chi connectivity index (χ2v) is 7.16. The Kier molecular flexibility index (Phi) is 2.43. The molecule has 0 aromatic carbocycles. The van der Waals surface area contributed by atoms with E-state index in [4.69, 9.17) is 0 Å². The van der Waals surface area contributed by atoms with Crippen molar-refractivity contribution in [2.75, 3.05) is 6.54 Å². The minimum atomic E-state index is -0.309. The molecule has 5 atom stereocenters. The number of halogens is 1. The van der Waals surface area contributed by atoms with Crippen molar-refractivity contribution in [3.8, 4) is 0 Å². The van der Waals surface area contributed by atoms with Gasteiger partial charge in [-0.25, -0.2) is 0 Å². The Morgan fingerprint density at radius 1 is 1.42 bits per heavy atom. The first-order chi connectivity index (χ1) is 9.06. The summed E-state index contributed by atoms with van der Waals surface area (Å²) in [5.41, 5.74) is 0.698. The minimum absolute atomic E-state index is 0.0601. The van der Waals surface area contributed by atoms with Crippen molar-refractivity contribution in [3.05, 3.63) is 22.4 Å². The summed E-state index contributed by atoms with van der Waals surface area (Å²) < 4.78 is 2.77. The number of hydrogen-bond donors (Lipinski definition) is 1. The molecule has 4 rings (SSSR count). The van der Waals surface area contributed by atoms with Gasteiger partial charge in [0, 0.05) is 24.3 Å². The molecule has 3 fully saturated rings. The number of rotatable bonds is 1. The van der Waals surface area contributed by atoms with Crippen molar-refractivity contribution < 1.29 is 9.90 Å². The molecule has 1 saturated heterocycles. The zero-order valence-electron chi connectivity index (χ0n) is 10.8. The molecule has 1 amide bonds. The smallest absolute Gasteiger partial charge is 0.270 e. The number of aryl methyl sites for hydroxylation is 1. The molecule has 1 aliphatic heterocycles. The topological polar surface area (TPSA) is 45.5 Å². The van der Waals surface area contributed by atoms with E-state index >= 15 is 0 Å². The van der Waals surface area contributed by atoms with Crippen molar-refractivity contribution in [1.82, 2.24) is 9.47 Å². The highest BCUT2D eigenvalue weighted by atomic mass is 79.9. The van der Waals surface area contributed by atoms with Crippen molar-refractivity contribution in [3.63, 3.8) is 0 Å². The van der Waals surface area contributed by atoms with Crippen LogP contribution in [0.5, 0.6) is 0 Å². The molecule has 5 unspecified atom stereocenters. The number of aliphatic hydroxyl groups is 1. The second-order valence-electron chi connectivity index (χ2n) is 6.25. The fourth-order valence-corrected chi connectivity index (χ4v) is 5.06. The van der Waals surface area contributed by atoms with Crippen LogP contribution < -0.4 is 0 Å². The Morgan fingerprint density at radius 3 is 2.84 bits per heavy atom. The van der Waals surface area contributed by atoms with Gasteiger partial charge in [0.1, 0.15) is 5.69 Å². The lowest BCUT2D eigenvalue weighted by molar-refractivity contribution is 0.0396. The van der Waals surface area contributed by atoms with Gasteiger partial charge in [-0.2, -0.15) is 0 Å². The molecule has 2 heterocycles. The van der Waals surface area contributed by atoms with E-state index in [1.54, 1.807) is 0 Å². The highest BCUT2D eigenvalue weighted by Crippen LogP contribution is 2.55. The van der Waals surface area contributed by atoms with Crippen molar-refractivity contribution >= 4 is 21.8 Å². The average Bonchev–Trinajstić information content (AvgIpc) is 3.02. The monoisotopic (exact) mass is 324 g/mol. The molecular formula is C14H17BrN2O2. The maximum Gasteiger partial charge on any atom is 0.270 e. The van der Waals surface area contributed by atoms with Crippen molar-refractivity contribution in [1.29, 1.82) is 0 Å². The van der Waals surface area contributed by atoms with Crippen molar-refractivity contribution in [2.45, 2.75) is 25.0 Å². The Labute approximate surface area is 120 Å². The Hall–Kier alpha value is -0.810. The standard InChI is InChI=1S/C14H17BrN2O2/c1-16-6-9(15)4-11(16)14(19)17-5-8-2-7-3-10(8)12(17)13(7)18/h4,6-8,10,12-13,18H,2-3,5H2,1H3. The maximum atomic E-state index is 12.7. The van der Waals surface area contributed by atoms with Crippen LogP contribution in [0.3, 0.4) is 0 Å². The maximum absolute atomic E-state index is 12.7. The van der Waals surface area contributed by atoms with Crippen LogP contribution in [-0.4, -0.2) is 39.2 Å². The predicted octanol–water partition coefficient (Wildman–Crippen LogP) is 1.63. The van der Waals surface area contributed by atoms with Crippen LogP contribution in [0.15, 0.2) is 16.7 Å². The summed E-state index contributed by atoms with van der Waals surface area (Å²) in [6, 6.07) is 1.92. The molecule has 19 heavy (non-hydrogen) atoms. The molecule has 4 nitrogen and oxygen atoms in total. The second kappa shape index (κ2) is 3.85. The van der Waals surface area contributed by atoms with E-state index in [1.807, 2.05) is 28.8 Å². The number of amides is 1. The fraction of sp³-hybridized carbons (Fsp3) is 0.643. The van der Waals surface area contributed by atoms with Gasteiger partial charge in [0.25, 0.3) is 5.91 Å². The van der Waals surface area contributed by atoms with Gasteiger partial charge in [0.15, 0.2) is 0 Å². The van der Waals surface area contributed by atoms with E-state index in [2.05, 4.69) is 15.9 Å².